The number of benzene rings is 2. The van der Waals surface area contributed by atoms with Gasteiger partial charge in [0.25, 0.3) is 0 Å². The maximum Gasteiger partial charge on any atom is 0.0317 e. The summed E-state index contributed by atoms with van der Waals surface area (Å²) in [6.45, 7) is 6.93. The molecule has 0 saturated heterocycles. The van der Waals surface area contributed by atoms with Crippen molar-refractivity contribution in [2.45, 2.75) is 71.1 Å². The van der Waals surface area contributed by atoms with E-state index in [4.69, 9.17) is 5.73 Å². The molecule has 0 spiro atoms. The Morgan fingerprint density at radius 3 is 2.17 bits per heavy atom. The zero-order valence-electron chi connectivity index (χ0n) is 15.5. The maximum absolute atomic E-state index is 6.03. The van der Waals surface area contributed by atoms with Crippen molar-refractivity contribution < 1.29 is 0 Å². The summed E-state index contributed by atoms with van der Waals surface area (Å²) in [4.78, 5) is 0. The van der Waals surface area contributed by atoms with Crippen LogP contribution >= 0.6 is 0 Å². The summed E-state index contributed by atoms with van der Waals surface area (Å²) in [5.74, 6) is 0. The van der Waals surface area contributed by atoms with E-state index in [2.05, 4.69) is 51.1 Å². The van der Waals surface area contributed by atoms with Gasteiger partial charge in [-0.3, -0.25) is 0 Å². The lowest BCUT2D eigenvalue weighted by Crippen LogP contribution is -2.15. The molecule has 3 rings (SSSR count). The molecule has 0 atom stereocenters. The van der Waals surface area contributed by atoms with E-state index in [1.807, 2.05) is 6.07 Å². The van der Waals surface area contributed by atoms with E-state index >= 15 is 0 Å². The monoisotopic (exact) mass is 321 g/mol. The summed E-state index contributed by atoms with van der Waals surface area (Å²) in [5, 5.41) is 0. The minimum atomic E-state index is 0.0528. The lowest BCUT2D eigenvalue weighted by molar-refractivity contribution is 0.606. The molecule has 2 N–H and O–H groups in total. The first-order chi connectivity index (χ1) is 11.5. The van der Waals surface area contributed by atoms with Crippen LogP contribution in [0.1, 0.15) is 76.0 Å². The van der Waals surface area contributed by atoms with Crippen LogP contribution in [0, 0.1) is 0 Å². The Bertz CT molecular complexity index is 712. The van der Waals surface area contributed by atoms with Crippen molar-refractivity contribution in [3.63, 3.8) is 0 Å². The Labute approximate surface area is 147 Å². The van der Waals surface area contributed by atoms with Gasteiger partial charge in [0.2, 0.25) is 0 Å². The average Bonchev–Trinajstić information content (AvgIpc) is 2.78. The van der Waals surface area contributed by atoms with Crippen LogP contribution in [0.3, 0.4) is 0 Å². The molecule has 1 aliphatic carbocycles. The predicted molar refractivity (Wildman–Crippen MR) is 105 cm³/mol. The third kappa shape index (κ3) is 3.22. The molecule has 0 fully saturated rings. The van der Waals surface area contributed by atoms with Crippen LogP contribution in [-0.4, -0.2) is 0 Å². The third-order valence-corrected chi connectivity index (χ3v) is 5.58. The van der Waals surface area contributed by atoms with Gasteiger partial charge in [0.1, 0.15) is 0 Å². The van der Waals surface area contributed by atoms with E-state index < -0.39 is 0 Å². The van der Waals surface area contributed by atoms with Gasteiger partial charge >= 0.3 is 0 Å². The van der Waals surface area contributed by atoms with Gasteiger partial charge in [0.05, 0.1) is 0 Å². The largest absolute Gasteiger partial charge is 0.399 e. The van der Waals surface area contributed by atoms with Gasteiger partial charge in [0.15, 0.2) is 0 Å². The SMILES string of the molecule is CCCCCCCCc1ccc2c(c1)C(C)(C)c1cc(N)ccc1-2. The molecule has 128 valence electrons. The van der Waals surface area contributed by atoms with E-state index in [1.165, 1.54) is 72.8 Å². The second-order valence-electron chi connectivity index (χ2n) is 7.83. The molecule has 0 radical (unpaired) electrons. The molecule has 0 aromatic heterocycles. The Morgan fingerprint density at radius 2 is 1.42 bits per heavy atom. The van der Waals surface area contributed by atoms with Crippen LogP contribution < -0.4 is 5.73 Å². The van der Waals surface area contributed by atoms with Crippen LogP contribution in [-0.2, 0) is 11.8 Å². The van der Waals surface area contributed by atoms with Crippen LogP contribution in [0.5, 0.6) is 0 Å². The summed E-state index contributed by atoms with van der Waals surface area (Å²) < 4.78 is 0. The highest BCUT2D eigenvalue weighted by Crippen LogP contribution is 2.49. The maximum atomic E-state index is 6.03. The van der Waals surface area contributed by atoms with Crippen molar-refractivity contribution in [2.75, 3.05) is 5.73 Å². The van der Waals surface area contributed by atoms with E-state index in [0.29, 0.717) is 0 Å². The van der Waals surface area contributed by atoms with Gasteiger partial charge in [-0.05, 0) is 52.8 Å². The number of fused-ring (bicyclic) bond motifs is 3. The van der Waals surface area contributed by atoms with Crippen molar-refractivity contribution in [1.82, 2.24) is 0 Å². The van der Waals surface area contributed by atoms with E-state index in [9.17, 15) is 0 Å². The first-order valence-corrected chi connectivity index (χ1v) is 9.58. The second kappa shape index (κ2) is 7.01. The zero-order chi connectivity index (χ0) is 17.2. The lowest BCUT2D eigenvalue weighted by Gasteiger charge is -2.22. The zero-order valence-corrected chi connectivity index (χ0v) is 15.5. The standard InChI is InChI=1S/C23H31N/c1-4-5-6-7-8-9-10-17-11-13-19-20-14-12-18(24)16-22(20)23(2,3)21(19)15-17/h11-16H,4-10,24H2,1-3H3. The van der Waals surface area contributed by atoms with Crippen molar-refractivity contribution in [3.8, 4) is 11.1 Å². The van der Waals surface area contributed by atoms with Crippen molar-refractivity contribution in [1.29, 1.82) is 0 Å². The highest BCUT2D eigenvalue weighted by atomic mass is 14.5. The number of rotatable bonds is 7. The minimum absolute atomic E-state index is 0.0528. The molecule has 1 heteroatoms. The Morgan fingerprint density at radius 1 is 0.792 bits per heavy atom. The average molecular weight is 322 g/mol. The number of unbranched alkanes of at least 4 members (excludes halogenated alkanes) is 5. The molecule has 2 aromatic carbocycles. The van der Waals surface area contributed by atoms with Crippen molar-refractivity contribution in [3.05, 3.63) is 53.1 Å². The molecule has 2 aromatic rings. The van der Waals surface area contributed by atoms with Gasteiger partial charge in [-0.2, -0.15) is 0 Å². The summed E-state index contributed by atoms with van der Waals surface area (Å²) in [7, 11) is 0. The lowest BCUT2D eigenvalue weighted by atomic mass is 9.81. The molecule has 0 aliphatic heterocycles. The fraction of sp³-hybridized carbons (Fsp3) is 0.478. The molecule has 0 amide bonds. The topological polar surface area (TPSA) is 26.0 Å². The molecular formula is C23H31N. The summed E-state index contributed by atoms with van der Waals surface area (Å²) >= 11 is 0. The van der Waals surface area contributed by atoms with Gasteiger partial charge < -0.3 is 5.73 Å². The quantitative estimate of drug-likeness (QED) is 0.458. The second-order valence-corrected chi connectivity index (χ2v) is 7.83. The smallest absolute Gasteiger partial charge is 0.0317 e. The van der Waals surface area contributed by atoms with Crippen molar-refractivity contribution in [2.24, 2.45) is 0 Å². The molecule has 0 saturated carbocycles. The van der Waals surface area contributed by atoms with Crippen LogP contribution in [0.15, 0.2) is 36.4 Å². The molecule has 0 heterocycles. The molecule has 0 bridgehead atoms. The molecule has 1 nitrogen and oxygen atoms in total. The molecule has 24 heavy (non-hydrogen) atoms. The first-order valence-electron chi connectivity index (χ1n) is 9.58. The minimum Gasteiger partial charge on any atom is -0.399 e. The van der Waals surface area contributed by atoms with E-state index in [0.717, 1.165) is 5.69 Å². The highest BCUT2D eigenvalue weighted by molar-refractivity contribution is 5.82. The van der Waals surface area contributed by atoms with Crippen LogP contribution in [0.25, 0.3) is 11.1 Å². The summed E-state index contributed by atoms with van der Waals surface area (Å²) in [6.07, 6.45) is 9.35. The van der Waals surface area contributed by atoms with E-state index in [-0.39, 0.29) is 5.41 Å². The predicted octanol–water partition coefficient (Wildman–Crippen LogP) is 6.48. The summed E-state index contributed by atoms with van der Waals surface area (Å²) in [6, 6.07) is 13.5. The fourth-order valence-corrected chi connectivity index (χ4v) is 4.07. The number of nitrogens with two attached hydrogens (primary N) is 1. The molecular weight excluding hydrogens is 290 g/mol. The Balaban J connectivity index is 1.73. The molecule has 0 unspecified atom stereocenters. The first kappa shape index (κ1) is 17.1. The Hall–Kier alpha value is -1.76. The van der Waals surface area contributed by atoms with E-state index in [1.54, 1.807) is 0 Å². The number of aryl methyl sites for hydroxylation is 1. The molecule has 1 aliphatic rings. The van der Waals surface area contributed by atoms with Gasteiger partial charge in [0, 0.05) is 11.1 Å². The van der Waals surface area contributed by atoms with Gasteiger partial charge in [-0.25, -0.2) is 0 Å². The summed E-state index contributed by atoms with van der Waals surface area (Å²) in [5.41, 5.74) is 14.0. The number of hydrogen-bond donors (Lipinski definition) is 1. The number of anilines is 1. The van der Waals surface area contributed by atoms with Crippen LogP contribution in [0.4, 0.5) is 5.69 Å². The Kier molecular flexibility index (Phi) is 4.99. The van der Waals surface area contributed by atoms with Gasteiger partial charge in [-0.1, -0.05) is 77.1 Å². The normalized spacial score (nSPS) is 14.5. The third-order valence-electron chi connectivity index (χ3n) is 5.58. The van der Waals surface area contributed by atoms with Crippen molar-refractivity contribution >= 4 is 5.69 Å². The number of nitrogen functional groups attached to an aromatic ring is 1. The number of hydrogen-bond acceptors (Lipinski definition) is 1. The van der Waals surface area contributed by atoms with Crippen LogP contribution in [0.2, 0.25) is 0 Å². The fourth-order valence-electron chi connectivity index (χ4n) is 4.07. The highest BCUT2D eigenvalue weighted by Gasteiger charge is 2.35. The van der Waals surface area contributed by atoms with Gasteiger partial charge in [-0.15, -0.1) is 0 Å².